The Labute approximate surface area is 258 Å². The zero-order valence-electron chi connectivity index (χ0n) is 23.7. The Morgan fingerprint density at radius 3 is 2.60 bits per heavy atom. The summed E-state index contributed by atoms with van der Waals surface area (Å²) in [5.74, 6) is -0.982. The molecule has 0 saturated carbocycles. The lowest BCUT2D eigenvalue weighted by molar-refractivity contribution is -0.274. The molecule has 45 heavy (non-hydrogen) atoms. The van der Waals surface area contributed by atoms with Crippen LogP contribution in [0.3, 0.4) is 0 Å². The fourth-order valence-corrected chi connectivity index (χ4v) is 5.11. The van der Waals surface area contributed by atoms with Crippen molar-refractivity contribution in [2.24, 2.45) is 4.99 Å². The smallest absolute Gasteiger partial charge is 0.406 e. The quantitative estimate of drug-likeness (QED) is 0.216. The van der Waals surface area contributed by atoms with Crippen LogP contribution in [0.25, 0.3) is 17.8 Å². The van der Waals surface area contributed by atoms with Crippen LogP contribution in [0.4, 0.5) is 33.7 Å². The summed E-state index contributed by atoms with van der Waals surface area (Å²) in [4.78, 5) is 35.0. The van der Waals surface area contributed by atoms with Gasteiger partial charge in [0.05, 0.1) is 29.4 Å². The summed E-state index contributed by atoms with van der Waals surface area (Å²) in [5.41, 5.74) is 3.00. The number of nitrogens with zero attached hydrogens (tertiary/aromatic N) is 5. The second-order valence-corrected chi connectivity index (χ2v) is 10.5. The maximum Gasteiger partial charge on any atom is 0.573 e. The average molecular weight is 641 g/mol. The van der Waals surface area contributed by atoms with Gasteiger partial charge in [-0.15, -0.1) is 18.3 Å². The fourth-order valence-electron chi connectivity index (χ4n) is 4.26. The second kappa shape index (κ2) is 13.3. The number of amides is 3. The molecule has 0 radical (unpaired) electrons. The van der Waals surface area contributed by atoms with Gasteiger partial charge < -0.3 is 14.8 Å². The van der Waals surface area contributed by atoms with Gasteiger partial charge in [-0.25, -0.2) is 18.9 Å². The van der Waals surface area contributed by atoms with Crippen molar-refractivity contribution >= 4 is 52.4 Å². The number of thioether (sulfide) groups is 1. The maximum atomic E-state index is 14.9. The first-order chi connectivity index (χ1) is 21.5. The molecule has 0 bridgehead atoms. The number of aliphatic imine (C=N–C) groups is 1. The number of hydrogen-bond donors (Lipinski definition) is 1. The minimum absolute atomic E-state index is 0.0954. The summed E-state index contributed by atoms with van der Waals surface area (Å²) in [5, 5.41) is 6.81. The van der Waals surface area contributed by atoms with Crippen LogP contribution in [-0.4, -0.2) is 51.1 Å². The molecule has 1 N–H and O–H groups in total. The Hall–Kier alpha value is -5.02. The van der Waals surface area contributed by atoms with Crippen LogP contribution in [0.15, 0.2) is 72.0 Å². The Bertz CT molecular complexity index is 1790. The molecule has 1 aliphatic rings. The number of benzene rings is 3. The molecule has 0 aliphatic carbocycles. The number of nitrogens with one attached hydrogen (secondary N) is 1. The van der Waals surface area contributed by atoms with Gasteiger partial charge in [-0.1, -0.05) is 36.0 Å². The molecule has 5 rings (SSSR count). The van der Waals surface area contributed by atoms with Crippen molar-refractivity contribution in [3.05, 3.63) is 95.3 Å². The van der Waals surface area contributed by atoms with Gasteiger partial charge in [0.1, 0.15) is 17.9 Å². The number of rotatable bonds is 8. The number of amidine groups is 1. The van der Waals surface area contributed by atoms with Crippen molar-refractivity contribution in [3.63, 3.8) is 0 Å². The van der Waals surface area contributed by atoms with Crippen LogP contribution >= 0.6 is 11.8 Å². The van der Waals surface area contributed by atoms with Gasteiger partial charge in [-0.05, 0) is 66.6 Å². The molecule has 0 atom stereocenters. The number of halogens is 4. The van der Waals surface area contributed by atoms with Gasteiger partial charge in [0.25, 0.3) is 0 Å². The molecule has 4 aromatic rings. The highest BCUT2D eigenvalue weighted by atomic mass is 32.2. The van der Waals surface area contributed by atoms with Crippen LogP contribution in [0.5, 0.6) is 5.75 Å². The van der Waals surface area contributed by atoms with E-state index < -0.39 is 18.2 Å². The Morgan fingerprint density at radius 2 is 1.89 bits per heavy atom. The fraction of sp³-hybridized carbons (Fsp3) is 0.167. The van der Waals surface area contributed by atoms with Crippen molar-refractivity contribution < 1.29 is 36.6 Å². The molecule has 0 spiro atoms. The van der Waals surface area contributed by atoms with E-state index in [0.29, 0.717) is 16.9 Å². The molecule has 1 fully saturated rings. The number of urea groups is 1. The van der Waals surface area contributed by atoms with E-state index in [-0.39, 0.29) is 40.7 Å². The van der Waals surface area contributed by atoms with Gasteiger partial charge >= 0.3 is 12.4 Å². The van der Waals surface area contributed by atoms with E-state index >= 15 is 0 Å². The molecule has 15 heteroatoms. The zero-order chi connectivity index (χ0) is 32.1. The number of anilines is 2. The summed E-state index contributed by atoms with van der Waals surface area (Å²) in [6.45, 7) is 2.14. The summed E-state index contributed by atoms with van der Waals surface area (Å²) >= 11 is 1.10. The number of aryl methyl sites for hydroxylation is 1. The van der Waals surface area contributed by atoms with E-state index in [9.17, 15) is 27.2 Å². The summed E-state index contributed by atoms with van der Waals surface area (Å²) in [6.07, 6.45) is -0.357. The first kappa shape index (κ1) is 31.4. The monoisotopic (exact) mass is 640 g/mol. The highest BCUT2D eigenvalue weighted by Crippen LogP contribution is 2.31. The second-order valence-electron chi connectivity index (χ2n) is 9.57. The van der Waals surface area contributed by atoms with Gasteiger partial charge in [-0.2, -0.15) is 4.99 Å². The van der Waals surface area contributed by atoms with Crippen LogP contribution in [0.2, 0.25) is 0 Å². The van der Waals surface area contributed by atoms with Gasteiger partial charge in [0, 0.05) is 12.7 Å². The maximum absolute atomic E-state index is 14.9. The first-order valence-electron chi connectivity index (χ1n) is 13.2. The number of carbonyl (C=O) groups is 2. The highest BCUT2D eigenvalue weighted by molar-refractivity contribution is 8.15. The van der Waals surface area contributed by atoms with E-state index in [1.54, 1.807) is 19.3 Å². The Balaban J connectivity index is 1.25. The number of ether oxygens (including phenoxy) is 2. The lowest BCUT2D eigenvalue weighted by Crippen LogP contribution is -2.31. The third-order valence-electron chi connectivity index (χ3n) is 6.25. The van der Waals surface area contributed by atoms with Gasteiger partial charge in [0.2, 0.25) is 5.91 Å². The predicted octanol–water partition coefficient (Wildman–Crippen LogP) is 6.60. The normalized spacial score (nSPS) is 14.5. The van der Waals surface area contributed by atoms with E-state index in [1.807, 2.05) is 25.1 Å². The van der Waals surface area contributed by atoms with Crippen LogP contribution in [-0.2, 0) is 16.1 Å². The molecular formula is C30H24F4N6O4S. The third-order valence-corrected chi connectivity index (χ3v) is 7.17. The Kier molecular flexibility index (Phi) is 9.29. The minimum atomic E-state index is -4.79. The molecule has 3 aromatic carbocycles. The van der Waals surface area contributed by atoms with Crippen molar-refractivity contribution in [1.82, 2.24) is 14.8 Å². The van der Waals surface area contributed by atoms with E-state index in [2.05, 4.69) is 25.1 Å². The molecule has 1 saturated heterocycles. The average Bonchev–Trinajstić information content (AvgIpc) is 3.60. The van der Waals surface area contributed by atoms with Crippen molar-refractivity contribution in [3.8, 4) is 11.4 Å². The molecule has 10 nitrogen and oxygen atoms in total. The zero-order valence-corrected chi connectivity index (χ0v) is 24.5. The van der Waals surface area contributed by atoms with E-state index in [0.717, 1.165) is 35.0 Å². The summed E-state index contributed by atoms with van der Waals surface area (Å²) < 4.78 is 62.5. The molecular weight excluding hydrogens is 616 g/mol. The van der Waals surface area contributed by atoms with E-state index in [1.165, 1.54) is 46.3 Å². The minimum Gasteiger partial charge on any atom is -0.406 e. The van der Waals surface area contributed by atoms with Crippen molar-refractivity contribution in [2.45, 2.75) is 19.9 Å². The third kappa shape index (κ3) is 7.93. The molecule has 0 unspecified atom stereocenters. The standard InChI is InChI=1S/C30H24F4N6O4S/c1-18-3-6-20(15-43-2)25(13-18)40-27(41)16-45-29(40)37-28(42)36-24-11-4-19(14-23(24)31)5-12-26-35-17-39(38-26)21-7-9-22(10-8-21)44-30(32,33)34/h3-14,17H,15-16H2,1-2H3,(H,36,42)/b12-5+,37-29?. The largest absolute Gasteiger partial charge is 0.573 e. The molecule has 2 heterocycles. The van der Waals surface area contributed by atoms with Crippen molar-refractivity contribution in [2.75, 3.05) is 23.1 Å². The number of alkyl halides is 3. The molecule has 232 valence electrons. The number of methoxy groups -OCH3 is 1. The number of aromatic nitrogens is 3. The van der Waals surface area contributed by atoms with Gasteiger partial charge in [-0.3, -0.25) is 9.69 Å². The molecule has 3 amide bonds. The number of carbonyl (C=O) groups excluding carboxylic acids is 2. The van der Waals surface area contributed by atoms with Gasteiger partial charge in [0.15, 0.2) is 11.0 Å². The first-order valence-corrected chi connectivity index (χ1v) is 14.2. The lowest BCUT2D eigenvalue weighted by Gasteiger charge is -2.20. The summed E-state index contributed by atoms with van der Waals surface area (Å²) in [7, 11) is 1.54. The van der Waals surface area contributed by atoms with Crippen LogP contribution < -0.4 is 15.0 Å². The Morgan fingerprint density at radius 1 is 1.11 bits per heavy atom. The van der Waals surface area contributed by atoms with E-state index in [4.69, 9.17) is 4.74 Å². The van der Waals surface area contributed by atoms with Crippen LogP contribution in [0, 0.1) is 12.7 Å². The van der Waals surface area contributed by atoms with Crippen LogP contribution in [0.1, 0.15) is 22.5 Å². The predicted molar refractivity (Wildman–Crippen MR) is 162 cm³/mol. The van der Waals surface area contributed by atoms with Crippen molar-refractivity contribution in [1.29, 1.82) is 0 Å². The number of hydrogen-bond acceptors (Lipinski definition) is 7. The molecule has 1 aromatic heterocycles. The lowest BCUT2D eigenvalue weighted by atomic mass is 10.1. The topological polar surface area (TPSA) is 111 Å². The summed E-state index contributed by atoms with van der Waals surface area (Å²) in [6, 6.07) is 13.9. The highest BCUT2D eigenvalue weighted by Gasteiger charge is 2.32. The molecule has 1 aliphatic heterocycles. The SMILES string of the molecule is COCc1ccc(C)cc1N1C(=O)CSC1=NC(=O)Nc1ccc(/C=C/c2ncn(-c3ccc(OC(F)(F)F)cc3)n2)cc1F.